The van der Waals surface area contributed by atoms with Gasteiger partial charge in [-0.2, -0.15) is 0 Å². The number of phenols is 1. The van der Waals surface area contributed by atoms with Crippen molar-refractivity contribution in [2.75, 3.05) is 12.4 Å². The van der Waals surface area contributed by atoms with Crippen LogP contribution in [0.2, 0.25) is 0 Å². The molecular formula is C34H30N4O5. The quantitative estimate of drug-likeness (QED) is 0.258. The van der Waals surface area contributed by atoms with Gasteiger partial charge in [0, 0.05) is 29.3 Å². The van der Waals surface area contributed by atoms with Gasteiger partial charge in [0.25, 0.3) is 5.91 Å². The Kier molecular flexibility index (Phi) is 7.30. The van der Waals surface area contributed by atoms with Crippen LogP contribution in [0, 0.1) is 12.3 Å². The maximum absolute atomic E-state index is 13.5. The Hall–Kier alpha value is -5.20. The molecule has 0 radical (unpaired) electrons. The lowest BCUT2D eigenvalue weighted by Gasteiger charge is -2.29. The van der Waals surface area contributed by atoms with Crippen LogP contribution in [0.4, 0.5) is 10.6 Å². The van der Waals surface area contributed by atoms with Crippen molar-refractivity contribution >= 4 is 17.8 Å². The van der Waals surface area contributed by atoms with E-state index in [0.717, 1.165) is 45.6 Å². The third-order valence-corrected chi connectivity index (χ3v) is 7.94. The van der Waals surface area contributed by atoms with Crippen LogP contribution in [0.15, 0.2) is 72.8 Å². The molecule has 216 valence electrons. The number of benzene rings is 3. The molecule has 0 spiro atoms. The fraction of sp³-hybridized carbons (Fsp3) is 0.235. The molecule has 9 heteroatoms. The fourth-order valence-electron chi connectivity index (χ4n) is 5.66. The summed E-state index contributed by atoms with van der Waals surface area (Å²) < 4.78 is 5.94. The Morgan fingerprint density at radius 3 is 2.21 bits per heavy atom. The van der Waals surface area contributed by atoms with Gasteiger partial charge < -0.3 is 20.3 Å². The molecule has 0 aliphatic heterocycles. The minimum atomic E-state index is -1.27. The molecule has 3 aromatic carbocycles. The van der Waals surface area contributed by atoms with E-state index in [0.29, 0.717) is 16.8 Å². The summed E-state index contributed by atoms with van der Waals surface area (Å²) in [5.41, 5.74) is 6.04. The summed E-state index contributed by atoms with van der Waals surface area (Å²) in [5.74, 6) is 2.21. The lowest BCUT2D eigenvalue weighted by atomic mass is 10.0. The van der Waals surface area contributed by atoms with Gasteiger partial charge >= 0.3 is 6.09 Å². The second-order valence-corrected chi connectivity index (χ2v) is 10.9. The molecule has 2 atom stereocenters. The number of carbonyl (C=O) groups excluding carboxylic acids is 2. The van der Waals surface area contributed by atoms with Gasteiger partial charge in [0.1, 0.15) is 17.5 Å². The van der Waals surface area contributed by atoms with Crippen molar-refractivity contribution < 1.29 is 24.5 Å². The molecule has 3 N–H and O–H groups in total. The highest BCUT2D eigenvalue weighted by Gasteiger charge is 2.37. The number of aliphatic hydroxyl groups is 1. The Morgan fingerprint density at radius 1 is 0.977 bits per heavy atom. The number of phenolic OH excluding ortho intramolecular Hbond substituents is 1. The minimum absolute atomic E-state index is 0.00903. The van der Waals surface area contributed by atoms with E-state index in [1.54, 1.807) is 18.2 Å². The van der Waals surface area contributed by atoms with E-state index in [2.05, 4.69) is 21.4 Å². The van der Waals surface area contributed by atoms with Crippen molar-refractivity contribution in [1.82, 2.24) is 15.1 Å². The van der Waals surface area contributed by atoms with E-state index in [1.165, 1.54) is 20.0 Å². The van der Waals surface area contributed by atoms with Gasteiger partial charge in [0.15, 0.2) is 11.9 Å². The summed E-state index contributed by atoms with van der Waals surface area (Å²) in [7, 11) is 1.42. The molecule has 6 rings (SSSR count). The highest BCUT2D eigenvalue weighted by atomic mass is 16.6. The number of ether oxygens (including phenoxy) is 1. The first-order valence-corrected chi connectivity index (χ1v) is 14.0. The topological polar surface area (TPSA) is 125 Å². The number of fused-ring (bicyclic) bond motifs is 3. The normalized spacial score (nSPS) is 15.0. The molecule has 0 unspecified atom stereocenters. The second-order valence-electron chi connectivity index (χ2n) is 10.9. The van der Waals surface area contributed by atoms with Crippen molar-refractivity contribution in [3.63, 3.8) is 0 Å². The van der Waals surface area contributed by atoms with E-state index < -0.39 is 30.3 Å². The first-order valence-electron chi connectivity index (χ1n) is 14.0. The van der Waals surface area contributed by atoms with E-state index in [-0.39, 0.29) is 17.5 Å². The summed E-state index contributed by atoms with van der Waals surface area (Å²) in [5, 5.41) is 32.4. The van der Waals surface area contributed by atoms with Gasteiger partial charge in [-0.25, -0.2) is 4.79 Å². The molecule has 0 saturated heterocycles. The number of hydrogen-bond donors (Lipinski definition) is 3. The number of aromatic nitrogens is 2. The van der Waals surface area contributed by atoms with Gasteiger partial charge in [-0.1, -0.05) is 54.5 Å². The molecule has 2 aliphatic carbocycles. The molecule has 9 nitrogen and oxygen atoms in total. The Bertz CT molecular complexity index is 1730. The van der Waals surface area contributed by atoms with E-state index in [1.807, 2.05) is 48.5 Å². The smallest absolute Gasteiger partial charge is 0.411 e. The SMILES string of the molecule is C#Cc1ccc(-c2nnc(NC(=O)[C@@H]([C@H](C)O)N(C)C(=O)OC3c4ccccc4-c4ccccc43)cc2C2CC2)c(O)c1. The number of likely N-dealkylation sites (N-methyl/N-ethyl adjacent to an activating group) is 1. The Morgan fingerprint density at radius 2 is 1.63 bits per heavy atom. The predicted molar refractivity (Wildman–Crippen MR) is 161 cm³/mol. The number of aromatic hydroxyl groups is 1. The Labute approximate surface area is 249 Å². The first-order chi connectivity index (χ1) is 20.8. The lowest BCUT2D eigenvalue weighted by molar-refractivity contribution is -0.123. The van der Waals surface area contributed by atoms with Crippen molar-refractivity contribution in [3.05, 3.63) is 95.1 Å². The molecule has 0 bridgehead atoms. The second kappa shape index (κ2) is 11.2. The number of terminal acetylenes is 1. The predicted octanol–water partition coefficient (Wildman–Crippen LogP) is 5.23. The number of anilines is 1. The zero-order chi connectivity index (χ0) is 30.2. The van der Waals surface area contributed by atoms with Crippen LogP contribution in [-0.4, -0.2) is 56.5 Å². The third-order valence-electron chi connectivity index (χ3n) is 7.94. The van der Waals surface area contributed by atoms with Crippen LogP contribution in [0.5, 0.6) is 5.75 Å². The van der Waals surface area contributed by atoms with Crippen molar-refractivity contribution in [3.8, 4) is 40.5 Å². The maximum atomic E-state index is 13.5. The van der Waals surface area contributed by atoms with Crippen molar-refractivity contribution in [2.45, 2.75) is 43.9 Å². The molecule has 2 aliphatic rings. The number of carbonyl (C=O) groups is 2. The highest BCUT2D eigenvalue weighted by Crippen LogP contribution is 2.46. The number of nitrogens with one attached hydrogen (secondary N) is 1. The zero-order valence-corrected chi connectivity index (χ0v) is 23.7. The van der Waals surface area contributed by atoms with Gasteiger partial charge in [-0.05, 0) is 66.6 Å². The number of hydrogen-bond acceptors (Lipinski definition) is 7. The van der Waals surface area contributed by atoms with Gasteiger partial charge in [0.05, 0.1) is 6.10 Å². The van der Waals surface area contributed by atoms with E-state index in [9.17, 15) is 19.8 Å². The monoisotopic (exact) mass is 574 g/mol. The minimum Gasteiger partial charge on any atom is -0.507 e. The van der Waals surface area contributed by atoms with Crippen LogP contribution < -0.4 is 5.32 Å². The number of rotatable bonds is 7. The number of nitrogens with zero attached hydrogens (tertiary/aromatic N) is 3. The number of aliphatic hydroxyl groups excluding tert-OH is 1. The standard InChI is InChI=1S/C34H30N4O5/c1-4-20-13-16-26(28(40)17-20)30-27(21-14-15-21)18-29(36-37-30)35-33(41)31(19(2)39)38(3)34(42)43-32-24-11-7-5-9-22(24)23-10-6-8-12-25(23)32/h1,5-13,16-19,21,31-32,39-40H,14-15H2,2-3H3,(H,35,36,41)/t19-,31+/m0/s1. The summed E-state index contributed by atoms with van der Waals surface area (Å²) >= 11 is 0. The fourth-order valence-corrected chi connectivity index (χ4v) is 5.66. The Balaban J connectivity index is 1.22. The zero-order valence-electron chi connectivity index (χ0n) is 23.7. The third kappa shape index (κ3) is 5.29. The lowest BCUT2D eigenvalue weighted by Crippen LogP contribution is -2.51. The van der Waals surface area contributed by atoms with Crippen molar-refractivity contribution in [2.24, 2.45) is 0 Å². The van der Waals surface area contributed by atoms with Crippen LogP contribution >= 0.6 is 0 Å². The van der Waals surface area contributed by atoms with Gasteiger partial charge in [-0.3, -0.25) is 9.69 Å². The molecule has 1 heterocycles. The molecular weight excluding hydrogens is 544 g/mol. The van der Waals surface area contributed by atoms with Crippen LogP contribution in [-0.2, 0) is 9.53 Å². The highest BCUT2D eigenvalue weighted by molar-refractivity contribution is 5.96. The maximum Gasteiger partial charge on any atom is 0.411 e. The molecule has 1 aromatic heterocycles. The average Bonchev–Trinajstić information content (AvgIpc) is 3.81. The van der Waals surface area contributed by atoms with Crippen molar-refractivity contribution in [1.29, 1.82) is 0 Å². The molecule has 2 amide bonds. The van der Waals surface area contributed by atoms with E-state index in [4.69, 9.17) is 11.2 Å². The molecule has 1 fully saturated rings. The number of amides is 2. The molecule has 4 aromatic rings. The summed E-state index contributed by atoms with van der Waals surface area (Å²) in [6.07, 6.45) is 4.69. The molecule has 1 saturated carbocycles. The average molecular weight is 575 g/mol. The van der Waals surface area contributed by atoms with Gasteiger partial charge in [-0.15, -0.1) is 16.6 Å². The summed E-state index contributed by atoms with van der Waals surface area (Å²) in [6.45, 7) is 1.43. The van der Waals surface area contributed by atoms with Crippen LogP contribution in [0.3, 0.4) is 0 Å². The van der Waals surface area contributed by atoms with Crippen LogP contribution in [0.25, 0.3) is 22.4 Å². The molecule has 43 heavy (non-hydrogen) atoms. The van der Waals surface area contributed by atoms with Gasteiger partial charge in [0.2, 0.25) is 0 Å². The first kappa shape index (κ1) is 27.9. The van der Waals surface area contributed by atoms with E-state index >= 15 is 0 Å². The summed E-state index contributed by atoms with van der Waals surface area (Å²) in [4.78, 5) is 28.0. The van der Waals surface area contributed by atoms with Crippen LogP contribution in [0.1, 0.15) is 54.0 Å². The largest absolute Gasteiger partial charge is 0.507 e. The summed E-state index contributed by atoms with van der Waals surface area (Å²) in [6, 6.07) is 20.8.